The average molecular weight is 334 g/mol. The highest BCUT2D eigenvalue weighted by molar-refractivity contribution is 7.10. The molecule has 0 aliphatic carbocycles. The van der Waals surface area contributed by atoms with Crippen LogP contribution in [0.3, 0.4) is 0 Å². The van der Waals surface area contributed by atoms with Crippen LogP contribution in [0.2, 0.25) is 10.0 Å². The van der Waals surface area contributed by atoms with Gasteiger partial charge in [-0.25, -0.2) is 0 Å². The van der Waals surface area contributed by atoms with E-state index in [1.807, 2.05) is 18.2 Å². The highest BCUT2D eigenvalue weighted by Gasteiger charge is 2.03. The van der Waals surface area contributed by atoms with Gasteiger partial charge in [0.1, 0.15) is 0 Å². The smallest absolute Gasteiger partial charge is 0.0612 e. The van der Waals surface area contributed by atoms with Crippen molar-refractivity contribution in [3.8, 4) is 11.1 Å². The second kappa shape index (κ2) is 6.52. The van der Waals surface area contributed by atoms with Gasteiger partial charge in [-0.2, -0.15) is 0 Å². The van der Waals surface area contributed by atoms with Gasteiger partial charge in [0, 0.05) is 17.1 Å². The van der Waals surface area contributed by atoms with E-state index in [0.29, 0.717) is 10.0 Å². The SMILES string of the molecule is Clc1ccc(NCc2cc(-c3ccccc3)cs2)cc1Cl. The third kappa shape index (κ3) is 3.59. The van der Waals surface area contributed by atoms with Crippen molar-refractivity contribution in [3.63, 3.8) is 0 Å². The molecular formula is C17H13Cl2NS. The van der Waals surface area contributed by atoms with Crippen molar-refractivity contribution >= 4 is 40.2 Å². The Morgan fingerprint density at radius 1 is 0.857 bits per heavy atom. The van der Waals surface area contributed by atoms with Gasteiger partial charge in [0.2, 0.25) is 0 Å². The summed E-state index contributed by atoms with van der Waals surface area (Å²) in [6.07, 6.45) is 0. The van der Waals surface area contributed by atoms with Gasteiger partial charge in [-0.1, -0.05) is 53.5 Å². The van der Waals surface area contributed by atoms with Crippen LogP contribution in [0.1, 0.15) is 4.88 Å². The number of hydrogen-bond acceptors (Lipinski definition) is 2. The molecule has 0 fully saturated rings. The monoisotopic (exact) mass is 333 g/mol. The Bertz CT molecular complexity index is 738. The highest BCUT2D eigenvalue weighted by Crippen LogP contribution is 2.28. The lowest BCUT2D eigenvalue weighted by molar-refractivity contribution is 1.19. The normalized spacial score (nSPS) is 10.6. The Balaban J connectivity index is 1.69. The maximum absolute atomic E-state index is 6.01. The van der Waals surface area contributed by atoms with Crippen molar-refractivity contribution in [2.45, 2.75) is 6.54 Å². The first-order valence-corrected chi connectivity index (χ1v) is 8.18. The molecule has 2 aromatic carbocycles. The minimum Gasteiger partial charge on any atom is -0.380 e. The Hall–Kier alpha value is -1.48. The summed E-state index contributed by atoms with van der Waals surface area (Å²) in [6.45, 7) is 0.773. The summed E-state index contributed by atoms with van der Waals surface area (Å²) in [5, 5.41) is 6.68. The summed E-state index contributed by atoms with van der Waals surface area (Å²) in [4.78, 5) is 1.28. The summed E-state index contributed by atoms with van der Waals surface area (Å²) in [5.41, 5.74) is 3.47. The van der Waals surface area contributed by atoms with Crippen LogP contribution in [0.25, 0.3) is 11.1 Å². The fourth-order valence-corrected chi connectivity index (χ4v) is 3.18. The largest absolute Gasteiger partial charge is 0.380 e. The number of anilines is 1. The molecule has 1 heterocycles. The van der Waals surface area contributed by atoms with E-state index in [-0.39, 0.29) is 0 Å². The van der Waals surface area contributed by atoms with Gasteiger partial charge < -0.3 is 5.32 Å². The molecule has 4 heteroatoms. The van der Waals surface area contributed by atoms with Crippen molar-refractivity contribution in [1.29, 1.82) is 0 Å². The number of benzene rings is 2. The number of hydrogen-bond donors (Lipinski definition) is 1. The molecule has 1 N–H and O–H groups in total. The lowest BCUT2D eigenvalue weighted by Gasteiger charge is -2.05. The Kier molecular flexibility index (Phi) is 4.49. The predicted molar refractivity (Wildman–Crippen MR) is 93.5 cm³/mol. The molecule has 0 saturated heterocycles. The molecule has 0 atom stereocenters. The Morgan fingerprint density at radius 2 is 1.67 bits per heavy atom. The average Bonchev–Trinajstić information content (AvgIpc) is 2.98. The van der Waals surface area contributed by atoms with Crippen LogP contribution < -0.4 is 5.32 Å². The van der Waals surface area contributed by atoms with Gasteiger partial charge in [-0.05, 0) is 40.8 Å². The van der Waals surface area contributed by atoms with Crippen molar-refractivity contribution in [2.75, 3.05) is 5.32 Å². The van der Waals surface area contributed by atoms with Gasteiger partial charge in [0.05, 0.1) is 10.0 Å². The molecule has 3 rings (SSSR count). The summed E-state index contributed by atoms with van der Waals surface area (Å²) in [7, 11) is 0. The van der Waals surface area contributed by atoms with Crippen molar-refractivity contribution < 1.29 is 0 Å². The zero-order chi connectivity index (χ0) is 14.7. The third-order valence-corrected chi connectivity index (χ3v) is 4.82. The standard InChI is InChI=1S/C17H13Cl2NS/c18-16-7-6-14(9-17(16)19)20-10-15-8-13(11-21-15)12-4-2-1-3-5-12/h1-9,11,20H,10H2. The zero-order valence-electron chi connectivity index (χ0n) is 11.1. The van der Waals surface area contributed by atoms with E-state index in [4.69, 9.17) is 23.2 Å². The van der Waals surface area contributed by atoms with Gasteiger partial charge in [0.25, 0.3) is 0 Å². The van der Waals surface area contributed by atoms with Gasteiger partial charge in [-0.3, -0.25) is 0 Å². The summed E-state index contributed by atoms with van der Waals surface area (Å²) in [5.74, 6) is 0. The second-order valence-corrected chi connectivity index (χ2v) is 6.46. The molecule has 1 nitrogen and oxygen atoms in total. The van der Waals surface area contributed by atoms with E-state index in [2.05, 4.69) is 41.0 Å². The molecule has 0 radical (unpaired) electrons. The van der Waals surface area contributed by atoms with E-state index < -0.39 is 0 Å². The van der Waals surface area contributed by atoms with E-state index in [1.165, 1.54) is 16.0 Å². The molecule has 21 heavy (non-hydrogen) atoms. The van der Waals surface area contributed by atoms with Gasteiger partial charge in [-0.15, -0.1) is 11.3 Å². The van der Waals surface area contributed by atoms with Crippen LogP contribution in [0.15, 0.2) is 60.0 Å². The van der Waals surface area contributed by atoms with E-state index in [1.54, 1.807) is 17.4 Å². The zero-order valence-corrected chi connectivity index (χ0v) is 13.5. The first-order valence-electron chi connectivity index (χ1n) is 6.54. The van der Waals surface area contributed by atoms with Gasteiger partial charge >= 0.3 is 0 Å². The first-order chi connectivity index (χ1) is 10.2. The molecule has 0 aliphatic rings. The van der Waals surface area contributed by atoms with Crippen LogP contribution in [-0.4, -0.2) is 0 Å². The maximum atomic E-state index is 6.01. The number of nitrogens with one attached hydrogen (secondary N) is 1. The maximum Gasteiger partial charge on any atom is 0.0612 e. The molecule has 0 saturated carbocycles. The van der Waals surface area contributed by atoms with Crippen molar-refractivity contribution in [3.05, 3.63) is 74.9 Å². The van der Waals surface area contributed by atoms with Crippen LogP contribution in [0.4, 0.5) is 5.69 Å². The molecule has 106 valence electrons. The van der Waals surface area contributed by atoms with Gasteiger partial charge in [0.15, 0.2) is 0 Å². The Morgan fingerprint density at radius 3 is 2.43 bits per heavy atom. The van der Waals surface area contributed by atoms with Crippen LogP contribution in [0, 0.1) is 0 Å². The summed E-state index contributed by atoms with van der Waals surface area (Å²) < 4.78 is 0. The summed E-state index contributed by atoms with van der Waals surface area (Å²) >= 11 is 13.7. The quantitative estimate of drug-likeness (QED) is 0.587. The minimum absolute atomic E-state index is 0.567. The van der Waals surface area contributed by atoms with E-state index in [9.17, 15) is 0 Å². The molecule has 1 aromatic heterocycles. The third-order valence-electron chi connectivity index (χ3n) is 3.15. The molecular weight excluding hydrogens is 321 g/mol. The molecule has 0 unspecified atom stereocenters. The molecule has 0 aliphatic heterocycles. The fraction of sp³-hybridized carbons (Fsp3) is 0.0588. The number of thiophene rings is 1. The molecule has 0 spiro atoms. The van der Waals surface area contributed by atoms with Crippen LogP contribution >= 0.6 is 34.5 Å². The first kappa shape index (κ1) is 14.5. The molecule has 0 amide bonds. The molecule has 0 bridgehead atoms. The van der Waals surface area contributed by atoms with E-state index in [0.717, 1.165) is 12.2 Å². The predicted octanol–water partition coefficient (Wildman–Crippen LogP) is 6.33. The number of halogens is 2. The molecule has 3 aromatic rings. The lowest BCUT2D eigenvalue weighted by atomic mass is 10.1. The number of rotatable bonds is 4. The van der Waals surface area contributed by atoms with E-state index >= 15 is 0 Å². The van der Waals surface area contributed by atoms with Crippen molar-refractivity contribution in [2.24, 2.45) is 0 Å². The second-order valence-electron chi connectivity index (χ2n) is 4.65. The summed E-state index contributed by atoms with van der Waals surface area (Å²) in [6, 6.07) is 18.2. The van der Waals surface area contributed by atoms with Crippen LogP contribution in [-0.2, 0) is 6.54 Å². The lowest BCUT2D eigenvalue weighted by Crippen LogP contribution is -1.96. The Labute approximate surface area is 138 Å². The highest BCUT2D eigenvalue weighted by atomic mass is 35.5. The topological polar surface area (TPSA) is 12.0 Å². The van der Waals surface area contributed by atoms with Crippen molar-refractivity contribution in [1.82, 2.24) is 0 Å². The minimum atomic E-state index is 0.567. The van der Waals surface area contributed by atoms with Crippen LogP contribution in [0.5, 0.6) is 0 Å². The fourth-order valence-electron chi connectivity index (χ4n) is 2.05.